The highest BCUT2D eigenvalue weighted by molar-refractivity contribution is 8.04. The molecule has 0 aliphatic carbocycles. The summed E-state index contributed by atoms with van der Waals surface area (Å²) in [5.74, 6) is -2.81. The molecule has 33 heavy (non-hydrogen) atoms. The Kier molecular flexibility index (Phi) is 4.89. The Morgan fingerprint density at radius 3 is 2.52 bits per heavy atom. The Hall–Kier alpha value is -3.79. The third kappa shape index (κ3) is 3.01. The number of esters is 1. The van der Waals surface area contributed by atoms with Gasteiger partial charge in [0, 0.05) is 24.1 Å². The lowest BCUT2D eigenvalue weighted by Gasteiger charge is -2.36. The third-order valence-electron chi connectivity index (χ3n) is 6.08. The Morgan fingerprint density at radius 2 is 1.85 bits per heavy atom. The number of carbonyl (C=O) groups excluding carboxylic acids is 4. The summed E-state index contributed by atoms with van der Waals surface area (Å²) < 4.78 is 10.8. The van der Waals surface area contributed by atoms with Crippen LogP contribution in [0.5, 0.6) is 11.5 Å². The van der Waals surface area contributed by atoms with E-state index in [4.69, 9.17) is 15.2 Å². The minimum absolute atomic E-state index is 0.165. The molecule has 0 spiro atoms. The van der Waals surface area contributed by atoms with Gasteiger partial charge in [0.25, 0.3) is 5.91 Å². The molecule has 3 unspecified atom stereocenters. The van der Waals surface area contributed by atoms with Crippen LogP contribution in [0, 0.1) is 5.92 Å². The number of fused-ring (bicyclic) bond motifs is 5. The van der Waals surface area contributed by atoms with Crippen LogP contribution in [-0.2, 0) is 14.4 Å². The standard InChI is InChI=1S/C23H19N3O6S/c1-25-20(27)10-6-8-11(9-7-10)26-21(28)15-14-12-4-3-5-13(31-2)17(12)32-23(30)16(14)19(24)33-18(15)22(26)29/h3-9,14-15,18H,24H2,1-2H3,(H,25,27). The van der Waals surface area contributed by atoms with Gasteiger partial charge in [0.1, 0.15) is 5.25 Å². The number of nitrogens with two attached hydrogens (primary N) is 1. The maximum absolute atomic E-state index is 13.6. The molecule has 3 N–H and O–H groups in total. The van der Waals surface area contributed by atoms with Gasteiger partial charge in [0.05, 0.1) is 29.3 Å². The van der Waals surface area contributed by atoms with E-state index < -0.39 is 34.9 Å². The molecular weight excluding hydrogens is 446 g/mol. The first-order valence-corrected chi connectivity index (χ1v) is 11.0. The number of amides is 3. The van der Waals surface area contributed by atoms with Gasteiger partial charge in [0.2, 0.25) is 11.8 Å². The van der Waals surface area contributed by atoms with Crippen molar-refractivity contribution in [3.8, 4) is 11.5 Å². The number of hydrogen-bond donors (Lipinski definition) is 2. The van der Waals surface area contributed by atoms with Gasteiger partial charge in [-0.3, -0.25) is 14.4 Å². The van der Waals surface area contributed by atoms with Crippen LogP contribution >= 0.6 is 11.8 Å². The Balaban J connectivity index is 1.60. The monoisotopic (exact) mass is 465 g/mol. The van der Waals surface area contributed by atoms with E-state index in [-0.39, 0.29) is 22.3 Å². The molecule has 3 aliphatic heterocycles. The molecule has 3 atom stereocenters. The smallest absolute Gasteiger partial charge is 0.342 e. The maximum Gasteiger partial charge on any atom is 0.342 e. The van der Waals surface area contributed by atoms with Gasteiger partial charge in [-0.1, -0.05) is 23.9 Å². The Labute approximate surface area is 192 Å². The van der Waals surface area contributed by atoms with Crippen LogP contribution in [0.4, 0.5) is 5.69 Å². The van der Waals surface area contributed by atoms with Crippen molar-refractivity contribution in [2.24, 2.45) is 11.7 Å². The van der Waals surface area contributed by atoms with Gasteiger partial charge in [0.15, 0.2) is 11.5 Å². The van der Waals surface area contributed by atoms with Gasteiger partial charge >= 0.3 is 5.97 Å². The molecule has 168 valence electrons. The largest absolute Gasteiger partial charge is 0.493 e. The number of thioether (sulfide) groups is 1. The summed E-state index contributed by atoms with van der Waals surface area (Å²) in [6.07, 6.45) is 0. The van der Waals surface area contributed by atoms with Gasteiger partial charge in [-0.15, -0.1) is 0 Å². The average Bonchev–Trinajstić information content (AvgIpc) is 3.07. The highest BCUT2D eigenvalue weighted by atomic mass is 32.2. The van der Waals surface area contributed by atoms with Crippen LogP contribution in [0.1, 0.15) is 21.8 Å². The minimum Gasteiger partial charge on any atom is -0.493 e. The van der Waals surface area contributed by atoms with Crippen molar-refractivity contribution >= 4 is 41.1 Å². The normalized spacial score (nSPS) is 23.5. The van der Waals surface area contributed by atoms with E-state index in [2.05, 4.69) is 5.32 Å². The second-order valence-electron chi connectivity index (χ2n) is 7.73. The molecule has 3 heterocycles. The number of methoxy groups -OCH3 is 1. The second-order valence-corrected chi connectivity index (χ2v) is 8.91. The topological polar surface area (TPSA) is 128 Å². The number of rotatable bonds is 3. The van der Waals surface area contributed by atoms with Crippen molar-refractivity contribution in [3.05, 3.63) is 64.2 Å². The number of imide groups is 1. The summed E-state index contributed by atoms with van der Waals surface area (Å²) in [6, 6.07) is 11.3. The van der Waals surface area contributed by atoms with Crippen molar-refractivity contribution in [2.75, 3.05) is 19.1 Å². The molecule has 0 saturated carbocycles. The molecule has 3 amide bonds. The quantitative estimate of drug-likeness (QED) is 0.397. The van der Waals surface area contributed by atoms with Crippen LogP contribution in [0.2, 0.25) is 0 Å². The molecule has 2 aromatic rings. The number of nitrogens with one attached hydrogen (secondary N) is 1. The van der Waals surface area contributed by atoms with Crippen LogP contribution in [-0.4, -0.2) is 43.1 Å². The fraction of sp³-hybridized carbons (Fsp3) is 0.217. The molecule has 0 bridgehead atoms. The van der Waals surface area contributed by atoms with Crippen molar-refractivity contribution in [1.82, 2.24) is 5.32 Å². The van der Waals surface area contributed by atoms with E-state index in [1.165, 1.54) is 14.2 Å². The average molecular weight is 465 g/mol. The third-order valence-corrected chi connectivity index (χ3v) is 7.30. The molecule has 9 nitrogen and oxygen atoms in total. The second kappa shape index (κ2) is 7.66. The van der Waals surface area contributed by atoms with Crippen LogP contribution < -0.4 is 25.4 Å². The summed E-state index contributed by atoms with van der Waals surface area (Å²) in [4.78, 5) is 52.8. The lowest BCUT2D eigenvalue weighted by molar-refractivity contribution is -0.132. The zero-order chi connectivity index (χ0) is 23.4. The number of hydrogen-bond acceptors (Lipinski definition) is 8. The highest BCUT2D eigenvalue weighted by Crippen LogP contribution is 2.55. The number of para-hydroxylation sites is 1. The molecule has 0 radical (unpaired) electrons. The fourth-order valence-electron chi connectivity index (χ4n) is 4.57. The SMILES string of the molecule is CNC(=O)c1ccc(N2C(=O)C3SC(N)=C4C(=O)Oc5c(OC)cccc5C4C3C2=O)cc1. The molecule has 0 aromatic heterocycles. The van der Waals surface area contributed by atoms with Crippen molar-refractivity contribution in [2.45, 2.75) is 11.2 Å². The minimum atomic E-state index is -0.845. The van der Waals surface area contributed by atoms with Crippen molar-refractivity contribution in [3.63, 3.8) is 0 Å². The van der Waals surface area contributed by atoms with E-state index in [0.29, 0.717) is 22.6 Å². The van der Waals surface area contributed by atoms with Crippen LogP contribution in [0.3, 0.4) is 0 Å². The first-order valence-electron chi connectivity index (χ1n) is 10.1. The van der Waals surface area contributed by atoms with Gasteiger partial charge in [-0.05, 0) is 30.3 Å². The molecule has 1 saturated heterocycles. The van der Waals surface area contributed by atoms with Crippen molar-refractivity contribution < 1.29 is 28.7 Å². The van der Waals surface area contributed by atoms with E-state index >= 15 is 0 Å². The van der Waals surface area contributed by atoms with Crippen molar-refractivity contribution in [1.29, 1.82) is 0 Å². The van der Waals surface area contributed by atoms with Gasteiger partial charge in [-0.25, -0.2) is 9.69 Å². The molecule has 3 aliphatic rings. The Bertz CT molecular complexity index is 1260. The number of benzene rings is 2. The van der Waals surface area contributed by atoms with Crippen LogP contribution in [0.25, 0.3) is 0 Å². The fourth-order valence-corrected chi connectivity index (χ4v) is 5.81. The summed E-state index contributed by atoms with van der Waals surface area (Å²) in [5.41, 5.74) is 7.70. The predicted octanol–water partition coefficient (Wildman–Crippen LogP) is 1.53. The predicted molar refractivity (Wildman–Crippen MR) is 120 cm³/mol. The lowest BCUT2D eigenvalue weighted by Crippen LogP contribution is -2.39. The number of ether oxygens (including phenoxy) is 2. The van der Waals surface area contributed by atoms with E-state index in [9.17, 15) is 19.2 Å². The molecule has 5 rings (SSSR count). The number of nitrogens with zero attached hydrogens (tertiary/aromatic N) is 1. The molecule has 2 aromatic carbocycles. The highest BCUT2D eigenvalue weighted by Gasteiger charge is 2.58. The van der Waals surface area contributed by atoms with E-state index in [1.54, 1.807) is 42.5 Å². The molecular formula is C23H19N3O6S. The van der Waals surface area contributed by atoms with Crippen LogP contribution in [0.15, 0.2) is 53.1 Å². The Morgan fingerprint density at radius 1 is 1.12 bits per heavy atom. The first-order chi connectivity index (χ1) is 15.9. The molecule has 1 fully saturated rings. The first kappa shape index (κ1) is 21.1. The zero-order valence-corrected chi connectivity index (χ0v) is 18.5. The van der Waals surface area contributed by atoms with Gasteiger partial charge < -0.3 is 20.5 Å². The zero-order valence-electron chi connectivity index (χ0n) is 17.7. The maximum atomic E-state index is 13.6. The number of carbonyl (C=O) groups is 4. The number of anilines is 1. The summed E-state index contributed by atoms with van der Waals surface area (Å²) >= 11 is 1.00. The van der Waals surface area contributed by atoms with E-state index in [0.717, 1.165) is 16.7 Å². The lowest BCUT2D eigenvalue weighted by atomic mass is 9.77. The van der Waals surface area contributed by atoms with E-state index in [1.807, 2.05) is 0 Å². The summed E-state index contributed by atoms with van der Waals surface area (Å²) in [5, 5.41) is 1.89. The van der Waals surface area contributed by atoms with Gasteiger partial charge in [-0.2, -0.15) is 0 Å². The molecule has 10 heteroatoms. The summed E-state index contributed by atoms with van der Waals surface area (Å²) in [6.45, 7) is 0. The summed E-state index contributed by atoms with van der Waals surface area (Å²) in [7, 11) is 2.97.